The van der Waals surface area contributed by atoms with Gasteiger partial charge in [0.2, 0.25) is 10.0 Å². The van der Waals surface area contributed by atoms with Crippen molar-refractivity contribution in [1.82, 2.24) is 0 Å². The molecule has 1 radical (unpaired) electrons. The lowest BCUT2D eigenvalue weighted by Gasteiger charge is -1.99. The van der Waals surface area contributed by atoms with Gasteiger partial charge in [0, 0.05) is 0 Å². The standard InChI is InChI=1S/C7H7FNO2S/c1-5-2-3-7(6(8)4-5)12(9,10)11/h2-4H,1H2,(H2,9,10,11). The second-order valence-corrected chi connectivity index (χ2v) is 3.84. The Morgan fingerprint density at radius 1 is 1.42 bits per heavy atom. The molecule has 2 N–H and O–H groups in total. The maximum atomic E-state index is 12.8. The lowest BCUT2D eigenvalue weighted by atomic mass is 10.2. The van der Waals surface area contributed by atoms with Crippen LogP contribution in [-0.2, 0) is 10.0 Å². The number of halogens is 1. The van der Waals surface area contributed by atoms with Gasteiger partial charge in [0.05, 0.1) is 0 Å². The molecule has 0 spiro atoms. The van der Waals surface area contributed by atoms with Gasteiger partial charge < -0.3 is 0 Å². The van der Waals surface area contributed by atoms with Gasteiger partial charge in [-0.2, -0.15) is 0 Å². The predicted molar refractivity (Wildman–Crippen MR) is 42.2 cm³/mol. The van der Waals surface area contributed by atoms with E-state index in [1.165, 1.54) is 6.07 Å². The van der Waals surface area contributed by atoms with Gasteiger partial charge in [0.15, 0.2) is 0 Å². The third kappa shape index (κ3) is 1.80. The molecule has 0 heterocycles. The molecule has 3 nitrogen and oxygen atoms in total. The van der Waals surface area contributed by atoms with Crippen LogP contribution in [0.5, 0.6) is 0 Å². The van der Waals surface area contributed by atoms with Gasteiger partial charge in [-0.15, -0.1) is 0 Å². The average molecular weight is 188 g/mol. The molecule has 0 amide bonds. The van der Waals surface area contributed by atoms with Crippen molar-refractivity contribution in [1.29, 1.82) is 0 Å². The zero-order valence-electron chi connectivity index (χ0n) is 6.12. The number of primary sulfonamides is 1. The zero-order chi connectivity index (χ0) is 9.35. The highest BCUT2D eigenvalue weighted by Crippen LogP contribution is 2.13. The first-order valence-corrected chi connectivity index (χ1v) is 4.60. The fraction of sp³-hybridized carbons (Fsp3) is 0. The summed E-state index contributed by atoms with van der Waals surface area (Å²) in [5.41, 5.74) is 0.403. The molecule has 0 aliphatic rings. The summed E-state index contributed by atoms with van der Waals surface area (Å²) in [6.45, 7) is 3.43. The molecule has 0 fully saturated rings. The Hall–Kier alpha value is -0.940. The van der Waals surface area contributed by atoms with Crippen LogP contribution in [0.1, 0.15) is 5.56 Å². The van der Waals surface area contributed by atoms with Crippen LogP contribution in [0, 0.1) is 12.7 Å². The van der Waals surface area contributed by atoms with Crippen LogP contribution in [0.15, 0.2) is 23.1 Å². The highest BCUT2D eigenvalue weighted by atomic mass is 32.2. The van der Waals surface area contributed by atoms with Crippen LogP contribution >= 0.6 is 0 Å². The Morgan fingerprint density at radius 2 is 2.00 bits per heavy atom. The van der Waals surface area contributed by atoms with Crippen molar-refractivity contribution in [2.24, 2.45) is 5.14 Å². The SMILES string of the molecule is [CH2]c1ccc(S(N)(=O)=O)c(F)c1. The molecule has 0 bridgehead atoms. The van der Waals surface area contributed by atoms with Crippen LogP contribution in [0.2, 0.25) is 0 Å². The fourth-order valence-electron chi connectivity index (χ4n) is 0.775. The molecule has 0 atom stereocenters. The summed E-state index contributed by atoms with van der Waals surface area (Å²) in [6, 6.07) is 3.48. The van der Waals surface area contributed by atoms with E-state index in [-0.39, 0.29) is 0 Å². The summed E-state index contributed by atoms with van der Waals surface area (Å²) >= 11 is 0. The van der Waals surface area contributed by atoms with Gasteiger partial charge in [-0.05, 0) is 24.6 Å². The first kappa shape index (κ1) is 9.15. The van der Waals surface area contributed by atoms with Gasteiger partial charge in [0.1, 0.15) is 10.7 Å². The van der Waals surface area contributed by atoms with E-state index in [0.29, 0.717) is 5.56 Å². The van der Waals surface area contributed by atoms with Gasteiger partial charge in [0.25, 0.3) is 0 Å². The number of nitrogens with two attached hydrogens (primary N) is 1. The minimum atomic E-state index is -3.95. The Bertz CT molecular complexity index is 400. The van der Waals surface area contributed by atoms with Crippen LogP contribution in [0.4, 0.5) is 4.39 Å². The third-order valence-electron chi connectivity index (χ3n) is 1.30. The summed E-state index contributed by atoms with van der Waals surface area (Å²) in [5.74, 6) is -0.870. The quantitative estimate of drug-likeness (QED) is 0.703. The summed E-state index contributed by atoms with van der Waals surface area (Å²) in [4.78, 5) is -0.505. The highest BCUT2D eigenvalue weighted by molar-refractivity contribution is 7.89. The van der Waals surface area contributed by atoms with Gasteiger partial charge in [-0.25, -0.2) is 17.9 Å². The lowest BCUT2D eigenvalue weighted by molar-refractivity contribution is 0.568. The average Bonchev–Trinajstić information content (AvgIpc) is 1.83. The minimum absolute atomic E-state index is 0.403. The normalized spacial score (nSPS) is 11.6. The molecule has 0 aliphatic carbocycles. The van der Waals surface area contributed by atoms with Crippen molar-refractivity contribution in [3.8, 4) is 0 Å². The van der Waals surface area contributed by atoms with E-state index in [1.54, 1.807) is 0 Å². The second kappa shape index (κ2) is 2.84. The Balaban J connectivity index is 3.39. The second-order valence-electron chi connectivity index (χ2n) is 2.31. The fourth-order valence-corrected chi connectivity index (χ4v) is 1.36. The summed E-state index contributed by atoms with van der Waals surface area (Å²) in [7, 11) is -3.95. The monoisotopic (exact) mass is 188 g/mol. The first-order chi connectivity index (χ1) is 5.41. The number of hydrogen-bond acceptors (Lipinski definition) is 2. The largest absolute Gasteiger partial charge is 0.240 e. The molecule has 0 saturated carbocycles. The molecule has 0 unspecified atom stereocenters. The van der Waals surface area contributed by atoms with E-state index in [4.69, 9.17) is 5.14 Å². The van der Waals surface area contributed by atoms with Crippen molar-refractivity contribution < 1.29 is 12.8 Å². The van der Waals surface area contributed by atoms with Crippen molar-refractivity contribution >= 4 is 10.0 Å². The molecule has 5 heteroatoms. The molecule has 65 valence electrons. The van der Waals surface area contributed by atoms with Crippen molar-refractivity contribution in [3.63, 3.8) is 0 Å². The summed E-state index contributed by atoms with van der Waals surface area (Å²) < 4.78 is 34.2. The van der Waals surface area contributed by atoms with E-state index >= 15 is 0 Å². The van der Waals surface area contributed by atoms with Gasteiger partial charge in [-0.1, -0.05) is 6.07 Å². The first-order valence-electron chi connectivity index (χ1n) is 3.05. The summed E-state index contributed by atoms with van der Waals surface area (Å²) in [6.07, 6.45) is 0. The predicted octanol–water partition coefficient (Wildman–Crippen LogP) is 0.655. The molecular formula is C7H7FNO2S. The Morgan fingerprint density at radius 3 is 2.42 bits per heavy atom. The smallest absolute Gasteiger partial charge is 0.225 e. The van der Waals surface area contributed by atoms with Gasteiger partial charge >= 0.3 is 0 Å². The molecule has 0 aromatic heterocycles. The van der Waals surface area contributed by atoms with E-state index in [1.807, 2.05) is 0 Å². The van der Waals surface area contributed by atoms with Crippen LogP contribution in [0.25, 0.3) is 0 Å². The van der Waals surface area contributed by atoms with Crippen molar-refractivity contribution in [2.75, 3.05) is 0 Å². The van der Waals surface area contributed by atoms with Gasteiger partial charge in [-0.3, -0.25) is 0 Å². The van der Waals surface area contributed by atoms with E-state index in [2.05, 4.69) is 6.92 Å². The Kier molecular flexibility index (Phi) is 2.16. The number of benzene rings is 1. The number of hydrogen-bond donors (Lipinski definition) is 1. The van der Waals surface area contributed by atoms with E-state index in [0.717, 1.165) is 12.1 Å². The molecule has 1 rings (SSSR count). The Labute approximate surface area is 70.1 Å². The lowest BCUT2D eigenvalue weighted by Crippen LogP contribution is -2.13. The van der Waals surface area contributed by atoms with E-state index in [9.17, 15) is 12.8 Å². The van der Waals surface area contributed by atoms with Crippen LogP contribution in [-0.4, -0.2) is 8.42 Å². The third-order valence-corrected chi connectivity index (χ3v) is 2.25. The highest BCUT2D eigenvalue weighted by Gasteiger charge is 2.12. The van der Waals surface area contributed by atoms with Crippen LogP contribution in [0.3, 0.4) is 0 Å². The molecule has 1 aromatic carbocycles. The minimum Gasteiger partial charge on any atom is -0.225 e. The number of sulfonamides is 1. The van der Waals surface area contributed by atoms with E-state index < -0.39 is 20.7 Å². The summed E-state index contributed by atoms with van der Waals surface area (Å²) in [5, 5.41) is 4.72. The zero-order valence-corrected chi connectivity index (χ0v) is 6.94. The molecule has 0 aliphatic heterocycles. The molecule has 1 aromatic rings. The van der Waals surface area contributed by atoms with Crippen LogP contribution < -0.4 is 5.14 Å². The van der Waals surface area contributed by atoms with Crippen molar-refractivity contribution in [3.05, 3.63) is 36.5 Å². The molecular weight excluding hydrogens is 181 g/mol. The topological polar surface area (TPSA) is 60.2 Å². The maximum absolute atomic E-state index is 12.8. The number of rotatable bonds is 1. The molecule has 12 heavy (non-hydrogen) atoms. The molecule has 0 saturated heterocycles. The maximum Gasteiger partial charge on any atom is 0.240 e. The van der Waals surface area contributed by atoms with Crippen molar-refractivity contribution in [2.45, 2.75) is 4.90 Å².